The summed E-state index contributed by atoms with van der Waals surface area (Å²) in [7, 11) is -2.23. The standard InChI is InChI=1S/C15H13BrClNO4S/c1-22-14-7-4-11(8-13(14)17)18-15(19)9-23(20,21)12-5-2-10(16)3-6-12/h2-8H,9H2,1H3,(H,18,19). The third kappa shape index (κ3) is 4.70. The van der Waals surface area contributed by atoms with Crippen LogP contribution >= 0.6 is 27.5 Å². The summed E-state index contributed by atoms with van der Waals surface area (Å²) < 4.78 is 30.1. The number of methoxy groups -OCH3 is 1. The van der Waals surface area contributed by atoms with Gasteiger partial charge in [-0.05, 0) is 42.5 Å². The summed E-state index contributed by atoms with van der Waals surface area (Å²) in [5.74, 6) is -0.834. The van der Waals surface area contributed by atoms with E-state index in [0.717, 1.165) is 4.47 Å². The topological polar surface area (TPSA) is 72.5 Å². The van der Waals surface area contributed by atoms with Crippen LogP contribution in [0.1, 0.15) is 0 Å². The van der Waals surface area contributed by atoms with E-state index in [2.05, 4.69) is 21.2 Å². The molecule has 0 atom stereocenters. The van der Waals surface area contributed by atoms with Gasteiger partial charge in [-0.15, -0.1) is 0 Å². The predicted molar refractivity (Wildman–Crippen MR) is 92.8 cm³/mol. The number of ether oxygens (including phenoxy) is 1. The van der Waals surface area contributed by atoms with Gasteiger partial charge in [0.25, 0.3) is 0 Å². The maximum Gasteiger partial charge on any atom is 0.239 e. The Morgan fingerprint density at radius 1 is 1.22 bits per heavy atom. The van der Waals surface area contributed by atoms with Crippen LogP contribution in [0.25, 0.3) is 0 Å². The third-order valence-electron chi connectivity index (χ3n) is 2.93. The van der Waals surface area contributed by atoms with E-state index in [1.54, 1.807) is 24.3 Å². The molecule has 0 bridgehead atoms. The van der Waals surface area contributed by atoms with Crippen molar-refractivity contribution in [1.82, 2.24) is 0 Å². The van der Waals surface area contributed by atoms with Crippen molar-refractivity contribution in [2.75, 3.05) is 18.2 Å². The number of carbonyl (C=O) groups excluding carboxylic acids is 1. The molecule has 0 heterocycles. The van der Waals surface area contributed by atoms with Gasteiger partial charge in [0.1, 0.15) is 11.5 Å². The molecule has 0 aliphatic carbocycles. The van der Waals surface area contributed by atoms with Crippen LogP contribution in [-0.4, -0.2) is 27.2 Å². The Bertz CT molecular complexity index is 822. The average molecular weight is 419 g/mol. The van der Waals surface area contributed by atoms with Gasteiger partial charge < -0.3 is 10.1 Å². The number of halogens is 2. The number of rotatable bonds is 5. The molecular formula is C15H13BrClNO4S. The van der Waals surface area contributed by atoms with E-state index < -0.39 is 21.5 Å². The number of anilines is 1. The smallest absolute Gasteiger partial charge is 0.239 e. The fourth-order valence-corrected chi connectivity index (χ4v) is 3.50. The number of hydrogen-bond acceptors (Lipinski definition) is 4. The zero-order valence-electron chi connectivity index (χ0n) is 12.0. The summed E-state index contributed by atoms with van der Waals surface area (Å²) >= 11 is 9.19. The molecule has 1 amide bonds. The first kappa shape index (κ1) is 17.8. The van der Waals surface area contributed by atoms with E-state index in [-0.39, 0.29) is 4.90 Å². The lowest BCUT2D eigenvalue weighted by molar-refractivity contribution is -0.113. The molecule has 0 aromatic heterocycles. The zero-order chi connectivity index (χ0) is 17.0. The van der Waals surface area contributed by atoms with Crippen molar-refractivity contribution in [3.8, 4) is 5.75 Å². The molecule has 2 aromatic carbocycles. The fraction of sp³-hybridized carbons (Fsp3) is 0.133. The minimum Gasteiger partial charge on any atom is -0.495 e. The lowest BCUT2D eigenvalue weighted by Gasteiger charge is -2.09. The van der Waals surface area contributed by atoms with Crippen LogP contribution in [0.5, 0.6) is 5.75 Å². The molecule has 122 valence electrons. The van der Waals surface area contributed by atoms with E-state index in [1.165, 1.54) is 25.3 Å². The summed E-state index contributed by atoms with van der Waals surface area (Å²) in [5, 5.41) is 2.82. The molecule has 5 nitrogen and oxygen atoms in total. The van der Waals surface area contributed by atoms with Crippen LogP contribution in [-0.2, 0) is 14.6 Å². The molecule has 0 saturated heterocycles. The van der Waals surface area contributed by atoms with Crippen LogP contribution in [0.3, 0.4) is 0 Å². The van der Waals surface area contributed by atoms with E-state index >= 15 is 0 Å². The van der Waals surface area contributed by atoms with Crippen molar-refractivity contribution < 1.29 is 17.9 Å². The second-order valence-electron chi connectivity index (χ2n) is 4.61. The van der Waals surface area contributed by atoms with Crippen molar-refractivity contribution in [1.29, 1.82) is 0 Å². The quantitative estimate of drug-likeness (QED) is 0.806. The summed E-state index contributed by atoms with van der Waals surface area (Å²) in [6.07, 6.45) is 0. The predicted octanol–water partition coefficient (Wildman–Crippen LogP) is 3.52. The summed E-state index contributed by atoms with van der Waals surface area (Å²) in [6, 6.07) is 10.7. The molecule has 0 unspecified atom stereocenters. The third-order valence-corrected chi connectivity index (χ3v) is 5.39. The van der Waals surface area contributed by atoms with E-state index in [4.69, 9.17) is 16.3 Å². The number of amides is 1. The zero-order valence-corrected chi connectivity index (χ0v) is 15.2. The van der Waals surface area contributed by atoms with Crippen molar-refractivity contribution >= 4 is 49.0 Å². The number of nitrogens with one attached hydrogen (secondary N) is 1. The van der Waals surface area contributed by atoms with E-state index in [9.17, 15) is 13.2 Å². The van der Waals surface area contributed by atoms with Gasteiger partial charge in [0.05, 0.1) is 17.0 Å². The van der Waals surface area contributed by atoms with Crippen molar-refractivity contribution in [2.24, 2.45) is 0 Å². The second-order valence-corrected chi connectivity index (χ2v) is 7.92. The highest BCUT2D eigenvalue weighted by Crippen LogP contribution is 2.27. The maximum absolute atomic E-state index is 12.2. The first-order chi connectivity index (χ1) is 10.8. The largest absolute Gasteiger partial charge is 0.495 e. The van der Waals surface area contributed by atoms with Gasteiger partial charge >= 0.3 is 0 Å². The number of sulfone groups is 1. The second kappa shape index (κ2) is 7.33. The Labute approximate surface area is 147 Å². The van der Waals surface area contributed by atoms with Gasteiger partial charge in [-0.2, -0.15) is 0 Å². The molecule has 2 aromatic rings. The first-order valence-corrected chi connectivity index (χ1v) is 9.26. The SMILES string of the molecule is COc1ccc(NC(=O)CS(=O)(=O)c2ccc(Br)cc2)cc1Cl. The van der Waals surface area contributed by atoms with Crippen LogP contribution in [0, 0.1) is 0 Å². The summed E-state index contributed by atoms with van der Waals surface area (Å²) in [5.41, 5.74) is 0.395. The first-order valence-electron chi connectivity index (χ1n) is 6.43. The molecule has 0 aliphatic heterocycles. The van der Waals surface area contributed by atoms with Crippen LogP contribution in [0.4, 0.5) is 5.69 Å². The van der Waals surface area contributed by atoms with Crippen LogP contribution in [0.2, 0.25) is 5.02 Å². The Hall–Kier alpha value is -1.57. The fourth-order valence-electron chi connectivity index (χ4n) is 1.84. The summed E-state index contributed by atoms with van der Waals surface area (Å²) in [4.78, 5) is 12.0. The highest BCUT2D eigenvalue weighted by atomic mass is 79.9. The Morgan fingerprint density at radius 2 is 1.87 bits per heavy atom. The maximum atomic E-state index is 12.2. The number of carbonyl (C=O) groups is 1. The number of hydrogen-bond donors (Lipinski definition) is 1. The van der Waals surface area contributed by atoms with Gasteiger partial charge in [0.2, 0.25) is 5.91 Å². The Morgan fingerprint density at radius 3 is 2.43 bits per heavy atom. The monoisotopic (exact) mass is 417 g/mol. The molecule has 0 aliphatic rings. The van der Waals surface area contributed by atoms with Gasteiger partial charge in [-0.25, -0.2) is 8.42 Å². The lowest BCUT2D eigenvalue weighted by atomic mass is 10.3. The van der Waals surface area contributed by atoms with Crippen molar-refractivity contribution in [3.63, 3.8) is 0 Å². The van der Waals surface area contributed by atoms with E-state index in [0.29, 0.717) is 16.5 Å². The van der Waals surface area contributed by atoms with Gasteiger partial charge in [0, 0.05) is 10.2 Å². The summed E-state index contributed by atoms with van der Waals surface area (Å²) in [6.45, 7) is 0. The van der Waals surface area contributed by atoms with Crippen molar-refractivity contribution in [3.05, 3.63) is 52.0 Å². The van der Waals surface area contributed by atoms with Gasteiger partial charge in [0.15, 0.2) is 9.84 Å². The molecule has 1 N–H and O–H groups in total. The molecule has 0 spiro atoms. The molecule has 23 heavy (non-hydrogen) atoms. The van der Waals surface area contributed by atoms with Crippen molar-refractivity contribution in [2.45, 2.75) is 4.90 Å². The molecule has 0 fully saturated rings. The molecule has 0 saturated carbocycles. The van der Waals surface area contributed by atoms with Gasteiger partial charge in [-0.3, -0.25) is 4.79 Å². The van der Waals surface area contributed by atoms with Crippen LogP contribution < -0.4 is 10.1 Å². The molecule has 0 radical (unpaired) electrons. The molecule has 8 heteroatoms. The highest BCUT2D eigenvalue weighted by molar-refractivity contribution is 9.10. The van der Waals surface area contributed by atoms with E-state index in [1.807, 2.05) is 0 Å². The van der Waals surface area contributed by atoms with Crippen LogP contribution in [0.15, 0.2) is 51.8 Å². The minimum atomic E-state index is -3.71. The average Bonchev–Trinajstić information content (AvgIpc) is 2.47. The number of benzene rings is 2. The molecular weight excluding hydrogens is 406 g/mol. The Kier molecular flexibility index (Phi) is 5.67. The normalized spacial score (nSPS) is 11.1. The lowest BCUT2D eigenvalue weighted by Crippen LogP contribution is -2.23. The van der Waals surface area contributed by atoms with Gasteiger partial charge in [-0.1, -0.05) is 27.5 Å². The Balaban J connectivity index is 2.09. The highest BCUT2D eigenvalue weighted by Gasteiger charge is 2.19. The minimum absolute atomic E-state index is 0.0867. The molecule has 2 rings (SSSR count).